The second kappa shape index (κ2) is 6.57. The van der Waals surface area contributed by atoms with Gasteiger partial charge in [0.05, 0.1) is 0 Å². The molecule has 0 fully saturated rings. The zero-order chi connectivity index (χ0) is 10.9. The predicted octanol–water partition coefficient (Wildman–Crippen LogP) is 0.392. The Hall–Kier alpha value is 2.69. The summed E-state index contributed by atoms with van der Waals surface area (Å²) in [5.41, 5.74) is -0.662. The molecular weight excluding hydrogens is 262 g/mol. The molecule has 0 atom stereocenters. The molecule has 0 aromatic heterocycles. The van der Waals surface area contributed by atoms with Gasteiger partial charge < -0.3 is 24.5 Å². The molecule has 14 heavy (non-hydrogen) atoms. The van der Waals surface area contributed by atoms with Gasteiger partial charge in [0.1, 0.15) is 11.2 Å². The topological polar surface area (TPSA) is 18.5 Å². The van der Waals surface area contributed by atoms with Gasteiger partial charge in [0.15, 0.2) is 0 Å². The second-order valence-corrected chi connectivity index (χ2v) is 9.69. The van der Waals surface area contributed by atoms with Crippen LogP contribution in [0.1, 0.15) is 41.5 Å². The van der Waals surface area contributed by atoms with Crippen LogP contribution in [0.25, 0.3) is 0 Å². The van der Waals surface area contributed by atoms with Gasteiger partial charge in [-0.25, -0.2) is 9.05 Å². The van der Waals surface area contributed by atoms with E-state index in [2.05, 4.69) is 0 Å². The minimum atomic E-state index is -2.52. The maximum absolute atomic E-state index is 5.52. The average Bonchev–Trinajstić information content (AvgIpc) is 1.43. The Labute approximate surface area is 142 Å². The summed E-state index contributed by atoms with van der Waals surface area (Å²) < 4.78 is 11.0. The van der Waals surface area contributed by atoms with Crippen LogP contribution in [0.5, 0.6) is 0 Å². The molecule has 2 nitrogen and oxygen atoms in total. The Morgan fingerprint density at radius 1 is 0.786 bits per heavy atom. The average molecular weight is 280 g/mol. The molecule has 0 aliphatic carbocycles. The van der Waals surface area contributed by atoms with Crippen LogP contribution in [0.15, 0.2) is 0 Å². The smallest absolute Gasteiger partial charge is 0.515 e. The van der Waals surface area contributed by atoms with Crippen LogP contribution in [-0.2, 0) is 33.5 Å². The maximum Gasteiger partial charge on any atom is 1.00 e. The monoisotopic (exact) mass is 280 g/mol. The largest absolute Gasteiger partial charge is 1.00 e. The third-order valence-electron chi connectivity index (χ3n) is 0.771. The maximum atomic E-state index is 5.52. The van der Waals surface area contributed by atoms with E-state index in [4.69, 9.17) is 33.5 Å². The van der Waals surface area contributed by atoms with Crippen LogP contribution >= 0.6 is 6.12 Å². The first kappa shape index (κ1) is 19.0. The predicted molar refractivity (Wildman–Crippen MR) is 63.3 cm³/mol. The van der Waals surface area contributed by atoms with Crippen molar-refractivity contribution in [3.05, 3.63) is 0 Å². The summed E-state index contributed by atoms with van der Waals surface area (Å²) in [4.78, 5) is 0. The third kappa shape index (κ3) is 12.8. The van der Waals surface area contributed by atoms with Gasteiger partial charge in [-0.1, -0.05) is 0 Å². The van der Waals surface area contributed by atoms with Crippen LogP contribution in [0.2, 0.25) is 0 Å². The van der Waals surface area contributed by atoms with Crippen LogP contribution in [0, 0.1) is 0 Å². The fraction of sp³-hybridized carbons (Fsp3) is 1.00. The van der Waals surface area contributed by atoms with Crippen molar-refractivity contribution in [2.24, 2.45) is 0 Å². The van der Waals surface area contributed by atoms with Crippen LogP contribution in [0.4, 0.5) is 0 Å². The van der Waals surface area contributed by atoms with Gasteiger partial charge in [-0.2, -0.15) is 0 Å². The summed E-state index contributed by atoms with van der Waals surface area (Å²) in [7, 11) is 0. The molecule has 0 N–H and O–H groups in total. The molecule has 0 aliphatic heterocycles. The summed E-state index contributed by atoms with van der Waals surface area (Å²) in [5.74, 6) is 0. The molecule has 0 aromatic rings. The Bertz CT molecular complexity index is 157. The van der Waals surface area contributed by atoms with Gasteiger partial charge >= 0.3 is 51.4 Å². The zero-order valence-electron chi connectivity index (χ0n) is 10.1. The number of hydrogen-bond donors (Lipinski definition) is 0. The van der Waals surface area contributed by atoms with Gasteiger partial charge in [0.25, 0.3) is 0 Å². The van der Waals surface area contributed by atoms with E-state index in [1.807, 2.05) is 41.5 Å². The number of hydrogen-bond acceptors (Lipinski definition) is 4. The zero-order valence-corrected chi connectivity index (χ0v) is 15.7. The molecule has 0 aromatic carbocycles. The standard InChI is InChI=1S/C8H19O2PS2.K/c1-7(2,3)9-11(12,13)10-8(4,5)6;/h1-6H3,(H,12,13);/q;+1/p-1. The quantitative estimate of drug-likeness (QED) is 0.414. The Balaban J connectivity index is 0. The minimum Gasteiger partial charge on any atom is -0.515 e. The van der Waals surface area contributed by atoms with Gasteiger partial charge in [-0.15, -0.1) is 0 Å². The van der Waals surface area contributed by atoms with E-state index in [1.54, 1.807) is 0 Å². The molecule has 0 saturated carbocycles. The minimum absolute atomic E-state index is 0. The fourth-order valence-electron chi connectivity index (χ4n) is 0.689. The summed E-state index contributed by atoms with van der Waals surface area (Å²) in [5, 5.41) is 0. The Morgan fingerprint density at radius 3 is 1.14 bits per heavy atom. The molecular formula is C8H18KO2PS2. The van der Waals surface area contributed by atoms with Crippen molar-refractivity contribution < 1.29 is 60.4 Å². The van der Waals surface area contributed by atoms with Gasteiger partial charge in [0.2, 0.25) is 0 Å². The van der Waals surface area contributed by atoms with Gasteiger partial charge in [-0.05, 0) is 41.5 Å². The number of rotatable bonds is 2. The van der Waals surface area contributed by atoms with E-state index in [0.29, 0.717) is 0 Å². The molecule has 0 amide bonds. The van der Waals surface area contributed by atoms with Crippen molar-refractivity contribution in [2.45, 2.75) is 52.7 Å². The van der Waals surface area contributed by atoms with Crippen molar-refractivity contribution in [1.29, 1.82) is 0 Å². The van der Waals surface area contributed by atoms with E-state index in [-0.39, 0.29) is 62.6 Å². The SMILES string of the molecule is CC(C)(C)O[P+]([S-])([S-])OC(C)(C)C.[K+]. The normalized spacial score (nSPS) is 13.7. The molecule has 6 heteroatoms. The summed E-state index contributed by atoms with van der Waals surface area (Å²) in [6.45, 7) is 11.5. The van der Waals surface area contributed by atoms with Crippen molar-refractivity contribution in [3.8, 4) is 0 Å². The molecule has 0 saturated heterocycles. The molecule has 0 spiro atoms. The summed E-state index contributed by atoms with van der Waals surface area (Å²) in [6.07, 6.45) is -2.52. The van der Waals surface area contributed by atoms with E-state index in [0.717, 1.165) is 0 Å². The molecule has 0 radical (unpaired) electrons. The third-order valence-corrected chi connectivity index (χ3v) is 3.21. The van der Waals surface area contributed by atoms with Crippen molar-refractivity contribution >= 4 is 30.6 Å². The molecule has 0 bridgehead atoms. The summed E-state index contributed by atoms with van der Waals surface area (Å²) >= 11 is 10.2. The van der Waals surface area contributed by atoms with Crippen molar-refractivity contribution in [3.63, 3.8) is 0 Å². The first-order valence-electron chi connectivity index (χ1n) is 4.14. The van der Waals surface area contributed by atoms with Gasteiger partial charge in [0, 0.05) is 6.12 Å². The molecule has 0 heterocycles. The first-order valence-corrected chi connectivity index (χ1v) is 7.79. The molecule has 80 valence electrons. The van der Waals surface area contributed by atoms with Crippen molar-refractivity contribution in [1.82, 2.24) is 0 Å². The van der Waals surface area contributed by atoms with E-state index in [1.165, 1.54) is 0 Å². The Morgan fingerprint density at radius 2 is 1.00 bits per heavy atom. The van der Waals surface area contributed by atoms with Crippen molar-refractivity contribution in [2.75, 3.05) is 0 Å². The summed E-state index contributed by atoms with van der Waals surface area (Å²) in [6, 6.07) is 0. The van der Waals surface area contributed by atoms with Gasteiger partial charge in [-0.3, -0.25) is 0 Å². The van der Waals surface area contributed by atoms with E-state index in [9.17, 15) is 0 Å². The fourth-order valence-corrected chi connectivity index (χ4v) is 4.75. The van der Waals surface area contributed by atoms with E-state index >= 15 is 0 Å². The second-order valence-electron chi connectivity index (χ2n) is 4.85. The van der Waals surface area contributed by atoms with E-state index < -0.39 is 6.12 Å². The van der Waals surface area contributed by atoms with Crippen LogP contribution in [-0.4, -0.2) is 11.2 Å². The first-order chi connectivity index (χ1) is 5.41. The van der Waals surface area contributed by atoms with Crippen LogP contribution < -0.4 is 51.4 Å². The molecule has 0 rings (SSSR count). The molecule has 0 aliphatic rings. The Kier molecular flexibility index (Phi) is 8.94. The van der Waals surface area contributed by atoms with Crippen LogP contribution in [0.3, 0.4) is 0 Å². The molecule has 0 unspecified atom stereocenters.